The fourth-order valence-corrected chi connectivity index (χ4v) is 3.42. The number of nitrogens with zero attached hydrogens (tertiary/aromatic N) is 3. The summed E-state index contributed by atoms with van der Waals surface area (Å²) in [5, 5.41) is 7.31. The SMILES string of the molecule is CC(C)(C)OC(=O)n1nc(N)c2cc(F)c(Nc3cccc4c3CCC4)nc21. The molecule has 3 aromatic rings. The third-order valence-electron chi connectivity index (χ3n) is 4.61. The summed E-state index contributed by atoms with van der Waals surface area (Å²) >= 11 is 0. The molecule has 2 aromatic heterocycles. The molecule has 8 heteroatoms. The Hall–Kier alpha value is -3.16. The summed E-state index contributed by atoms with van der Waals surface area (Å²) in [7, 11) is 0. The number of pyridine rings is 1. The van der Waals surface area contributed by atoms with Crippen molar-refractivity contribution in [2.75, 3.05) is 11.1 Å². The summed E-state index contributed by atoms with van der Waals surface area (Å²) in [5.74, 6) is -0.546. The monoisotopic (exact) mass is 383 g/mol. The first kappa shape index (κ1) is 18.2. The van der Waals surface area contributed by atoms with Gasteiger partial charge < -0.3 is 15.8 Å². The van der Waals surface area contributed by atoms with Crippen molar-refractivity contribution in [3.05, 3.63) is 41.2 Å². The Morgan fingerprint density at radius 3 is 2.86 bits per heavy atom. The molecule has 0 saturated carbocycles. The first-order chi connectivity index (χ1) is 13.2. The van der Waals surface area contributed by atoms with Crippen LogP contribution in [0.4, 0.5) is 26.5 Å². The molecule has 2 heterocycles. The first-order valence-corrected chi connectivity index (χ1v) is 9.19. The molecule has 1 aliphatic carbocycles. The van der Waals surface area contributed by atoms with Gasteiger partial charge in [0.25, 0.3) is 0 Å². The van der Waals surface area contributed by atoms with E-state index >= 15 is 0 Å². The molecule has 4 rings (SSSR count). The number of nitrogens with two attached hydrogens (primary N) is 1. The normalized spacial score (nSPS) is 13.6. The number of aryl methyl sites for hydroxylation is 1. The van der Waals surface area contributed by atoms with Crippen LogP contribution in [0.1, 0.15) is 38.3 Å². The largest absolute Gasteiger partial charge is 0.442 e. The third-order valence-corrected chi connectivity index (χ3v) is 4.61. The minimum Gasteiger partial charge on any atom is -0.442 e. The van der Waals surface area contributed by atoms with E-state index in [9.17, 15) is 9.18 Å². The van der Waals surface area contributed by atoms with Gasteiger partial charge in [-0.2, -0.15) is 0 Å². The number of halogens is 1. The van der Waals surface area contributed by atoms with Gasteiger partial charge in [0.1, 0.15) is 5.60 Å². The molecule has 0 radical (unpaired) electrons. The summed E-state index contributed by atoms with van der Waals surface area (Å²) in [6.45, 7) is 5.24. The summed E-state index contributed by atoms with van der Waals surface area (Å²) in [4.78, 5) is 16.8. The zero-order valence-electron chi connectivity index (χ0n) is 16.0. The van der Waals surface area contributed by atoms with Crippen LogP contribution in [0, 0.1) is 5.82 Å². The molecule has 7 nitrogen and oxygen atoms in total. The van der Waals surface area contributed by atoms with Crippen molar-refractivity contribution in [3.63, 3.8) is 0 Å². The van der Waals surface area contributed by atoms with Gasteiger partial charge in [0.2, 0.25) is 0 Å². The molecule has 146 valence electrons. The number of anilines is 3. The van der Waals surface area contributed by atoms with Gasteiger partial charge in [0.05, 0.1) is 5.39 Å². The Morgan fingerprint density at radius 1 is 1.32 bits per heavy atom. The average molecular weight is 383 g/mol. The molecule has 0 saturated heterocycles. The predicted molar refractivity (Wildman–Crippen MR) is 105 cm³/mol. The Balaban J connectivity index is 1.76. The van der Waals surface area contributed by atoms with Gasteiger partial charge in [0.15, 0.2) is 23.1 Å². The van der Waals surface area contributed by atoms with Gasteiger partial charge in [-0.05, 0) is 63.3 Å². The van der Waals surface area contributed by atoms with Crippen molar-refractivity contribution >= 4 is 34.4 Å². The molecule has 0 spiro atoms. The fourth-order valence-electron chi connectivity index (χ4n) is 3.42. The molecule has 0 amide bonds. The van der Waals surface area contributed by atoms with Crippen LogP contribution in [-0.2, 0) is 17.6 Å². The lowest BCUT2D eigenvalue weighted by Gasteiger charge is -2.19. The van der Waals surface area contributed by atoms with E-state index in [0.29, 0.717) is 0 Å². The summed E-state index contributed by atoms with van der Waals surface area (Å²) in [6, 6.07) is 7.15. The van der Waals surface area contributed by atoms with E-state index in [0.717, 1.165) is 29.6 Å². The van der Waals surface area contributed by atoms with E-state index in [2.05, 4.69) is 21.5 Å². The maximum atomic E-state index is 14.7. The highest BCUT2D eigenvalue weighted by molar-refractivity contribution is 5.93. The highest BCUT2D eigenvalue weighted by atomic mass is 19.1. The lowest BCUT2D eigenvalue weighted by atomic mass is 10.1. The Kier molecular flexibility index (Phi) is 4.21. The van der Waals surface area contributed by atoms with Gasteiger partial charge in [-0.15, -0.1) is 9.78 Å². The van der Waals surface area contributed by atoms with E-state index in [-0.39, 0.29) is 22.7 Å². The maximum Gasteiger partial charge on any atom is 0.437 e. The molecular formula is C20H22FN5O2. The van der Waals surface area contributed by atoms with E-state index < -0.39 is 17.5 Å². The lowest BCUT2D eigenvalue weighted by Crippen LogP contribution is -2.28. The summed E-state index contributed by atoms with van der Waals surface area (Å²) < 4.78 is 21.0. The molecule has 0 fully saturated rings. The van der Waals surface area contributed by atoms with Crippen molar-refractivity contribution in [1.82, 2.24) is 14.8 Å². The molecule has 1 aliphatic rings. The van der Waals surface area contributed by atoms with Crippen molar-refractivity contribution in [2.45, 2.75) is 45.6 Å². The quantitative estimate of drug-likeness (QED) is 0.690. The first-order valence-electron chi connectivity index (χ1n) is 9.19. The minimum absolute atomic E-state index is 0.0116. The van der Waals surface area contributed by atoms with Gasteiger partial charge >= 0.3 is 6.09 Å². The van der Waals surface area contributed by atoms with Crippen LogP contribution in [0.3, 0.4) is 0 Å². The molecular weight excluding hydrogens is 361 g/mol. The van der Waals surface area contributed by atoms with Gasteiger partial charge in [-0.3, -0.25) is 0 Å². The topological polar surface area (TPSA) is 95.1 Å². The van der Waals surface area contributed by atoms with Gasteiger partial charge in [-0.25, -0.2) is 14.2 Å². The average Bonchev–Trinajstić information content (AvgIpc) is 3.20. The van der Waals surface area contributed by atoms with E-state index in [1.807, 2.05) is 12.1 Å². The summed E-state index contributed by atoms with van der Waals surface area (Å²) in [5.41, 5.74) is 8.53. The molecule has 3 N–H and O–H groups in total. The number of hydrogen-bond donors (Lipinski definition) is 2. The van der Waals surface area contributed by atoms with Crippen molar-refractivity contribution in [1.29, 1.82) is 0 Å². The van der Waals surface area contributed by atoms with Gasteiger partial charge in [0, 0.05) is 5.69 Å². The Labute approximate surface area is 161 Å². The van der Waals surface area contributed by atoms with Crippen molar-refractivity contribution in [3.8, 4) is 0 Å². The molecule has 0 aliphatic heterocycles. The van der Waals surface area contributed by atoms with E-state index in [1.165, 1.54) is 17.2 Å². The zero-order valence-corrected chi connectivity index (χ0v) is 16.0. The number of carbonyl (C=O) groups is 1. The highest BCUT2D eigenvalue weighted by Crippen LogP contribution is 2.32. The summed E-state index contributed by atoms with van der Waals surface area (Å²) in [6.07, 6.45) is 2.30. The number of benzene rings is 1. The second-order valence-electron chi connectivity index (χ2n) is 7.89. The van der Waals surface area contributed by atoms with Crippen molar-refractivity contribution < 1.29 is 13.9 Å². The standard InChI is InChI=1S/C20H22FN5O2/c1-20(2,3)28-19(27)26-18-13(16(22)25-26)10-14(21)17(24-18)23-15-9-5-7-11-6-4-8-12(11)15/h5,7,9-10H,4,6,8H2,1-3H3,(H2,22,25)(H,23,24). The number of aromatic nitrogens is 3. The predicted octanol–water partition coefficient (Wildman–Crippen LogP) is 4.17. The van der Waals surface area contributed by atoms with Crippen LogP contribution in [0.15, 0.2) is 24.3 Å². The van der Waals surface area contributed by atoms with Crippen LogP contribution < -0.4 is 11.1 Å². The van der Waals surface area contributed by atoms with Crippen LogP contribution in [0.2, 0.25) is 0 Å². The van der Waals surface area contributed by atoms with E-state index in [1.54, 1.807) is 20.8 Å². The molecule has 0 unspecified atom stereocenters. The van der Waals surface area contributed by atoms with Crippen LogP contribution >= 0.6 is 0 Å². The fraction of sp³-hybridized carbons (Fsp3) is 0.350. The zero-order chi connectivity index (χ0) is 20.1. The van der Waals surface area contributed by atoms with Crippen LogP contribution in [-0.4, -0.2) is 26.5 Å². The number of hydrogen-bond acceptors (Lipinski definition) is 6. The van der Waals surface area contributed by atoms with Crippen LogP contribution in [0.25, 0.3) is 11.0 Å². The molecule has 0 bridgehead atoms. The third kappa shape index (κ3) is 3.26. The van der Waals surface area contributed by atoms with Crippen LogP contribution in [0.5, 0.6) is 0 Å². The Morgan fingerprint density at radius 2 is 2.11 bits per heavy atom. The smallest absolute Gasteiger partial charge is 0.437 e. The number of fused-ring (bicyclic) bond motifs is 2. The maximum absolute atomic E-state index is 14.7. The molecule has 28 heavy (non-hydrogen) atoms. The number of rotatable bonds is 2. The number of nitrogens with one attached hydrogen (secondary N) is 1. The minimum atomic E-state index is -0.722. The highest BCUT2D eigenvalue weighted by Gasteiger charge is 2.24. The molecule has 1 aromatic carbocycles. The second-order valence-corrected chi connectivity index (χ2v) is 7.89. The second kappa shape index (κ2) is 6.47. The lowest BCUT2D eigenvalue weighted by molar-refractivity contribution is 0.0522. The van der Waals surface area contributed by atoms with E-state index in [4.69, 9.17) is 10.5 Å². The number of ether oxygens (including phenoxy) is 1. The molecule has 0 atom stereocenters. The van der Waals surface area contributed by atoms with Gasteiger partial charge in [-0.1, -0.05) is 12.1 Å². The van der Waals surface area contributed by atoms with Crippen molar-refractivity contribution in [2.24, 2.45) is 0 Å². The Bertz CT molecular complexity index is 1080. The number of carbonyl (C=O) groups excluding carboxylic acids is 1. The number of nitrogen functional groups attached to an aromatic ring is 1.